The van der Waals surface area contributed by atoms with E-state index in [9.17, 15) is 14.3 Å². The van der Waals surface area contributed by atoms with Crippen molar-refractivity contribution >= 4 is 46.3 Å². The van der Waals surface area contributed by atoms with Gasteiger partial charge in [0, 0.05) is 18.0 Å². The number of nitriles is 1. The molecule has 0 saturated heterocycles. The molecule has 0 aliphatic heterocycles. The quantitative estimate of drug-likeness (QED) is 0.373. The summed E-state index contributed by atoms with van der Waals surface area (Å²) in [6, 6.07) is 4.38. The predicted molar refractivity (Wildman–Crippen MR) is 137 cm³/mol. The number of carbonyl (C=O) groups excluding carboxylic acids is 1. The number of halogens is 2. The maximum Gasteiger partial charge on any atom is 0.224 e. The summed E-state index contributed by atoms with van der Waals surface area (Å²) in [7, 11) is 0. The van der Waals surface area contributed by atoms with E-state index < -0.39 is 5.82 Å². The first kappa shape index (κ1) is 25.2. The van der Waals surface area contributed by atoms with E-state index >= 15 is 0 Å². The first-order valence-electron chi connectivity index (χ1n) is 12.5. The Morgan fingerprint density at radius 2 is 2.00 bits per heavy atom. The Balaban J connectivity index is 1.52. The molecule has 1 amide bonds. The summed E-state index contributed by atoms with van der Waals surface area (Å²) in [6.45, 7) is 0. The number of primary amides is 1. The maximum absolute atomic E-state index is 14.9. The van der Waals surface area contributed by atoms with Crippen molar-refractivity contribution in [3.05, 3.63) is 34.7 Å². The number of nitrogens with zero attached hydrogens (tertiary/aromatic N) is 5. The summed E-state index contributed by atoms with van der Waals surface area (Å²) in [4.78, 5) is 25.5. The number of fused-ring (bicyclic) bond motifs is 1. The van der Waals surface area contributed by atoms with Gasteiger partial charge in [-0.05, 0) is 63.5 Å². The van der Waals surface area contributed by atoms with Crippen LogP contribution in [0.1, 0.15) is 63.0 Å². The van der Waals surface area contributed by atoms with Crippen LogP contribution in [0.4, 0.5) is 22.0 Å². The first-order valence-corrected chi connectivity index (χ1v) is 12.8. The fourth-order valence-electron chi connectivity index (χ4n) is 5.36. The van der Waals surface area contributed by atoms with Crippen LogP contribution in [-0.2, 0) is 4.79 Å². The van der Waals surface area contributed by atoms with Gasteiger partial charge in [-0.2, -0.15) is 10.2 Å². The van der Waals surface area contributed by atoms with Crippen LogP contribution in [0.15, 0.2) is 18.3 Å². The molecule has 2 fully saturated rings. The molecule has 0 spiro atoms. The molecule has 3 aromatic rings. The number of nitrogens with one attached hydrogen (secondary N) is 2. The molecule has 2 aliphatic rings. The molecule has 10 nitrogen and oxygen atoms in total. The summed E-state index contributed by atoms with van der Waals surface area (Å²) in [6.07, 6.45) is 7.11. The lowest BCUT2D eigenvalue weighted by molar-refractivity contribution is -0.122. The van der Waals surface area contributed by atoms with E-state index in [0.29, 0.717) is 55.2 Å². The number of nitrogens with two attached hydrogens (primary N) is 1. The summed E-state index contributed by atoms with van der Waals surface area (Å²) in [5, 5.41) is 25.5. The predicted octanol–water partition coefficient (Wildman–Crippen LogP) is 4.17. The van der Waals surface area contributed by atoms with Gasteiger partial charge in [-0.1, -0.05) is 11.6 Å². The molecule has 5 rings (SSSR count). The van der Waals surface area contributed by atoms with Crippen LogP contribution in [0.25, 0.3) is 11.2 Å². The molecule has 12 heteroatoms. The summed E-state index contributed by atoms with van der Waals surface area (Å²) >= 11 is 6.30. The van der Waals surface area contributed by atoms with Gasteiger partial charge in [-0.25, -0.2) is 14.4 Å². The van der Waals surface area contributed by atoms with Crippen molar-refractivity contribution in [3.8, 4) is 6.07 Å². The van der Waals surface area contributed by atoms with E-state index in [2.05, 4.69) is 20.6 Å². The summed E-state index contributed by atoms with van der Waals surface area (Å²) in [5.74, 6) is -0.403. The van der Waals surface area contributed by atoms with Gasteiger partial charge in [0.1, 0.15) is 11.3 Å². The van der Waals surface area contributed by atoms with E-state index in [1.807, 2.05) is 10.6 Å². The van der Waals surface area contributed by atoms with Crippen molar-refractivity contribution < 1.29 is 14.3 Å². The zero-order valence-electron chi connectivity index (χ0n) is 20.1. The number of rotatable bonds is 6. The number of aromatic nitrogens is 4. The van der Waals surface area contributed by atoms with Gasteiger partial charge in [0.25, 0.3) is 0 Å². The molecule has 37 heavy (non-hydrogen) atoms. The third kappa shape index (κ3) is 5.31. The van der Waals surface area contributed by atoms with Gasteiger partial charge in [-0.3, -0.25) is 9.36 Å². The molecule has 2 unspecified atom stereocenters. The van der Waals surface area contributed by atoms with Gasteiger partial charge in [0.2, 0.25) is 17.8 Å². The standard InChI is InChI=1S/C25H28ClFN8O2/c26-18-8-13(11-28)9-19(27)21(18)33-25-32-20-12-30-24(31-15-2-1-3-17(36)10-15)34-23(20)35(25)16-6-4-14(5-7-16)22(29)37/h8-9,12,14-17,36H,1-7,10H2,(H2,29,37)(H,32,33)(H,30,31,34). The summed E-state index contributed by atoms with van der Waals surface area (Å²) in [5.41, 5.74) is 6.72. The molecule has 2 aliphatic carbocycles. The van der Waals surface area contributed by atoms with Crippen molar-refractivity contribution in [1.29, 1.82) is 5.26 Å². The number of imidazole rings is 1. The Morgan fingerprint density at radius 1 is 1.22 bits per heavy atom. The molecular weight excluding hydrogens is 499 g/mol. The van der Waals surface area contributed by atoms with Gasteiger partial charge in [0.15, 0.2) is 5.65 Å². The molecule has 0 bridgehead atoms. The average Bonchev–Trinajstić information content (AvgIpc) is 3.23. The number of amides is 1. The lowest BCUT2D eigenvalue weighted by Crippen LogP contribution is -2.30. The van der Waals surface area contributed by atoms with Crippen molar-refractivity contribution in [2.75, 3.05) is 10.6 Å². The van der Waals surface area contributed by atoms with E-state index in [4.69, 9.17) is 27.6 Å². The largest absolute Gasteiger partial charge is 0.393 e. The minimum absolute atomic E-state index is 0.00513. The summed E-state index contributed by atoms with van der Waals surface area (Å²) < 4.78 is 16.8. The topological polar surface area (TPSA) is 155 Å². The molecular formula is C25H28ClFN8O2. The second-order valence-corrected chi connectivity index (χ2v) is 10.2. The fourth-order valence-corrected chi connectivity index (χ4v) is 5.61. The Bertz CT molecular complexity index is 1340. The van der Waals surface area contributed by atoms with E-state index in [-0.39, 0.29) is 46.3 Å². The van der Waals surface area contributed by atoms with E-state index in [1.165, 1.54) is 6.07 Å². The minimum atomic E-state index is -0.676. The Morgan fingerprint density at radius 3 is 2.68 bits per heavy atom. The number of carbonyl (C=O) groups is 1. The Labute approximate surface area is 218 Å². The zero-order valence-corrected chi connectivity index (χ0v) is 20.9. The monoisotopic (exact) mass is 526 g/mol. The van der Waals surface area contributed by atoms with Gasteiger partial charge < -0.3 is 21.5 Å². The number of hydrogen-bond donors (Lipinski definition) is 4. The van der Waals surface area contributed by atoms with E-state index in [0.717, 1.165) is 25.3 Å². The van der Waals surface area contributed by atoms with Crippen molar-refractivity contribution in [1.82, 2.24) is 19.5 Å². The Kier molecular flexibility index (Phi) is 7.13. The van der Waals surface area contributed by atoms with Crippen LogP contribution in [0, 0.1) is 23.1 Å². The third-order valence-corrected chi connectivity index (χ3v) is 7.58. The SMILES string of the molecule is N#Cc1cc(F)c(Nc2nc3cnc(NC4CCCC(O)C4)nc3n2C2CCC(C(N)=O)CC2)c(Cl)c1. The van der Waals surface area contributed by atoms with E-state index in [1.54, 1.807) is 6.20 Å². The van der Waals surface area contributed by atoms with Crippen LogP contribution >= 0.6 is 11.6 Å². The number of benzene rings is 1. The number of aliphatic hydroxyl groups is 1. The normalized spacial score (nSPS) is 23.9. The highest BCUT2D eigenvalue weighted by Gasteiger charge is 2.30. The average molecular weight is 527 g/mol. The lowest BCUT2D eigenvalue weighted by Gasteiger charge is -2.29. The smallest absolute Gasteiger partial charge is 0.224 e. The molecule has 2 heterocycles. The second-order valence-electron chi connectivity index (χ2n) is 9.83. The minimum Gasteiger partial charge on any atom is -0.393 e. The maximum atomic E-state index is 14.9. The molecule has 1 aromatic carbocycles. The number of anilines is 3. The molecule has 194 valence electrons. The van der Waals surface area contributed by atoms with Crippen LogP contribution in [-0.4, -0.2) is 42.7 Å². The van der Waals surface area contributed by atoms with Crippen molar-refractivity contribution in [2.45, 2.75) is 69.6 Å². The lowest BCUT2D eigenvalue weighted by atomic mass is 9.85. The van der Waals surface area contributed by atoms with Crippen LogP contribution in [0.3, 0.4) is 0 Å². The molecule has 2 atom stereocenters. The third-order valence-electron chi connectivity index (χ3n) is 7.28. The highest BCUT2D eigenvalue weighted by Crippen LogP contribution is 2.38. The number of aliphatic hydroxyl groups excluding tert-OH is 1. The molecule has 2 saturated carbocycles. The fraction of sp³-hybridized carbons (Fsp3) is 0.480. The number of hydrogen-bond acceptors (Lipinski definition) is 8. The highest BCUT2D eigenvalue weighted by atomic mass is 35.5. The first-order chi connectivity index (χ1) is 17.8. The van der Waals surface area contributed by atoms with Gasteiger partial charge in [0.05, 0.1) is 34.6 Å². The van der Waals surface area contributed by atoms with Gasteiger partial charge in [-0.15, -0.1) is 0 Å². The highest BCUT2D eigenvalue weighted by molar-refractivity contribution is 6.33. The second kappa shape index (κ2) is 10.5. The van der Waals surface area contributed by atoms with Crippen LogP contribution in [0.2, 0.25) is 5.02 Å². The Hall–Kier alpha value is -3.49. The molecule has 0 radical (unpaired) electrons. The van der Waals surface area contributed by atoms with Crippen molar-refractivity contribution in [2.24, 2.45) is 11.7 Å². The molecule has 2 aromatic heterocycles. The van der Waals surface area contributed by atoms with Crippen LogP contribution in [0.5, 0.6) is 0 Å². The van der Waals surface area contributed by atoms with Crippen molar-refractivity contribution in [3.63, 3.8) is 0 Å². The zero-order chi connectivity index (χ0) is 26.1. The molecule has 5 N–H and O–H groups in total. The van der Waals surface area contributed by atoms with Crippen LogP contribution < -0.4 is 16.4 Å². The van der Waals surface area contributed by atoms with Gasteiger partial charge >= 0.3 is 0 Å².